The number of amides is 3. The Morgan fingerprint density at radius 3 is 2.27 bits per heavy atom. The molecular formula is C14H25N3O5. The van der Waals surface area contributed by atoms with E-state index in [-0.39, 0.29) is 6.47 Å². The van der Waals surface area contributed by atoms with Gasteiger partial charge < -0.3 is 15.2 Å². The van der Waals surface area contributed by atoms with Crippen LogP contribution in [-0.2, 0) is 14.3 Å². The molecule has 0 atom stereocenters. The maximum atomic E-state index is 12.4. The Balaban J connectivity index is 3.06. The molecule has 1 rings (SSSR count). The summed E-state index contributed by atoms with van der Waals surface area (Å²) >= 11 is 0. The first-order valence-electron chi connectivity index (χ1n) is 7.30. The van der Waals surface area contributed by atoms with Gasteiger partial charge in [0.1, 0.15) is 5.60 Å². The molecule has 0 aromatic heterocycles. The molecule has 8 heteroatoms. The molecule has 126 valence electrons. The number of carbonyl (C=O) groups is 3. The van der Waals surface area contributed by atoms with Crippen LogP contribution < -0.4 is 11.2 Å². The Kier molecular flexibility index (Phi) is 5.62. The summed E-state index contributed by atoms with van der Waals surface area (Å²) in [5, 5.41) is 0.904. The average molecular weight is 315 g/mol. The van der Waals surface area contributed by atoms with Crippen LogP contribution in [0.4, 0.5) is 9.59 Å². The van der Waals surface area contributed by atoms with Gasteiger partial charge in [-0.1, -0.05) is 6.92 Å². The molecule has 0 aromatic rings. The van der Waals surface area contributed by atoms with Crippen molar-refractivity contribution in [1.29, 1.82) is 0 Å². The maximum Gasteiger partial charge on any atom is 0.432 e. The molecule has 1 aliphatic carbocycles. The third kappa shape index (κ3) is 4.78. The van der Waals surface area contributed by atoms with E-state index in [0.717, 1.165) is 17.9 Å². The second-order valence-corrected chi connectivity index (χ2v) is 6.63. The van der Waals surface area contributed by atoms with E-state index in [1.54, 1.807) is 20.8 Å². The molecule has 3 amide bonds. The lowest BCUT2D eigenvalue weighted by Gasteiger charge is -2.44. The van der Waals surface area contributed by atoms with Gasteiger partial charge in [-0.25, -0.2) is 15.0 Å². The Morgan fingerprint density at radius 1 is 1.32 bits per heavy atom. The van der Waals surface area contributed by atoms with Crippen molar-refractivity contribution >= 4 is 18.6 Å². The van der Waals surface area contributed by atoms with Crippen molar-refractivity contribution < 1.29 is 23.9 Å². The molecule has 0 aromatic carbocycles. The van der Waals surface area contributed by atoms with Crippen molar-refractivity contribution in [2.75, 3.05) is 0 Å². The highest BCUT2D eigenvalue weighted by molar-refractivity contribution is 5.77. The van der Waals surface area contributed by atoms with Crippen LogP contribution in [0, 0.1) is 5.92 Å². The normalized spacial score (nSPS) is 25.0. The number of urea groups is 1. The van der Waals surface area contributed by atoms with Crippen molar-refractivity contribution in [3.05, 3.63) is 0 Å². The highest BCUT2D eigenvalue weighted by Gasteiger charge is 2.47. The van der Waals surface area contributed by atoms with Crippen molar-refractivity contribution in [3.8, 4) is 0 Å². The minimum absolute atomic E-state index is 0.274. The van der Waals surface area contributed by atoms with E-state index < -0.39 is 23.5 Å². The van der Waals surface area contributed by atoms with E-state index in [2.05, 4.69) is 12.3 Å². The molecule has 0 unspecified atom stereocenters. The summed E-state index contributed by atoms with van der Waals surface area (Å²) in [6.07, 6.45) is 1.46. The van der Waals surface area contributed by atoms with Gasteiger partial charge >= 0.3 is 12.1 Å². The molecule has 0 radical (unpaired) electrons. The van der Waals surface area contributed by atoms with E-state index in [0.29, 0.717) is 18.8 Å². The molecule has 1 fully saturated rings. The van der Waals surface area contributed by atoms with E-state index in [4.69, 9.17) is 15.2 Å². The third-order valence-corrected chi connectivity index (χ3v) is 3.53. The predicted molar refractivity (Wildman–Crippen MR) is 78.3 cm³/mol. The zero-order valence-electron chi connectivity index (χ0n) is 13.5. The average Bonchev–Trinajstić information content (AvgIpc) is 2.37. The van der Waals surface area contributed by atoms with Crippen LogP contribution in [0.25, 0.3) is 0 Å². The van der Waals surface area contributed by atoms with Gasteiger partial charge in [-0.15, -0.1) is 0 Å². The summed E-state index contributed by atoms with van der Waals surface area (Å²) in [4.78, 5) is 34.6. The smallest absolute Gasteiger partial charge is 0.432 e. The Hall–Kier alpha value is -1.99. The van der Waals surface area contributed by atoms with Crippen molar-refractivity contribution in [2.24, 2.45) is 11.7 Å². The minimum atomic E-state index is -1.27. The summed E-state index contributed by atoms with van der Waals surface area (Å²) in [6.45, 7) is 7.44. The van der Waals surface area contributed by atoms with Gasteiger partial charge in [-0.3, -0.25) is 4.79 Å². The number of nitrogens with one attached hydrogen (secondary N) is 1. The van der Waals surface area contributed by atoms with Crippen LogP contribution in [0.15, 0.2) is 0 Å². The molecule has 8 nitrogen and oxygen atoms in total. The quantitative estimate of drug-likeness (QED) is 0.469. The molecule has 0 saturated heterocycles. The van der Waals surface area contributed by atoms with Crippen LogP contribution in [0.1, 0.15) is 53.4 Å². The fraction of sp³-hybridized carbons (Fsp3) is 0.786. The molecule has 0 heterocycles. The predicted octanol–water partition coefficient (Wildman–Crippen LogP) is 1.89. The Morgan fingerprint density at radius 2 is 1.86 bits per heavy atom. The van der Waals surface area contributed by atoms with Gasteiger partial charge in [0.25, 0.3) is 6.47 Å². The second-order valence-electron chi connectivity index (χ2n) is 6.63. The van der Waals surface area contributed by atoms with Gasteiger partial charge in [0.15, 0.2) is 0 Å². The topological polar surface area (TPSA) is 111 Å². The molecule has 1 aliphatic rings. The SMILES string of the molecule is CC1CCC(OC=O)(N(NC(N)=O)C(=O)OC(C)(C)C)CC1. The van der Waals surface area contributed by atoms with Gasteiger partial charge in [0.05, 0.1) is 0 Å². The summed E-state index contributed by atoms with van der Waals surface area (Å²) in [7, 11) is 0. The van der Waals surface area contributed by atoms with Crippen molar-refractivity contribution in [3.63, 3.8) is 0 Å². The van der Waals surface area contributed by atoms with Crippen LogP contribution in [0.3, 0.4) is 0 Å². The molecular weight excluding hydrogens is 290 g/mol. The van der Waals surface area contributed by atoms with Crippen LogP contribution >= 0.6 is 0 Å². The number of rotatable bonds is 3. The molecule has 0 aliphatic heterocycles. The molecule has 22 heavy (non-hydrogen) atoms. The first-order valence-corrected chi connectivity index (χ1v) is 7.30. The summed E-state index contributed by atoms with van der Waals surface area (Å²) in [5.74, 6) is 0.442. The number of nitrogens with zero attached hydrogens (tertiary/aromatic N) is 1. The zero-order valence-corrected chi connectivity index (χ0v) is 13.5. The van der Waals surface area contributed by atoms with Crippen LogP contribution in [0.5, 0.6) is 0 Å². The fourth-order valence-corrected chi connectivity index (χ4v) is 2.43. The molecule has 1 saturated carbocycles. The minimum Gasteiger partial charge on any atom is -0.442 e. The standard InChI is InChI=1S/C14H25N3O5/c1-10-5-7-14(8-6-10,21-9-18)17(16-11(15)19)12(20)22-13(2,3)4/h9-10H,5-8H2,1-4H3,(H3,15,16,19). The van der Waals surface area contributed by atoms with Crippen molar-refractivity contribution in [2.45, 2.75) is 64.7 Å². The Bertz CT molecular complexity index is 425. The first kappa shape index (κ1) is 18.1. The van der Waals surface area contributed by atoms with Gasteiger partial charge in [-0.2, -0.15) is 5.01 Å². The first-order chi connectivity index (χ1) is 10.1. The van der Waals surface area contributed by atoms with Gasteiger partial charge in [0, 0.05) is 12.8 Å². The fourth-order valence-electron chi connectivity index (χ4n) is 2.43. The third-order valence-electron chi connectivity index (χ3n) is 3.53. The Labute approximate surface area is 130 Å². The zero-order chi connectivity index (χ0) is 17.0. The molecule has 3 N–H and O–H groups in total. The largest absolute Gasteiger partial charge is 0.442 e. The van der Waals surface area contributed by atoms with Gasteiger partial charge in [-0.05, 0) is 39.5 Å². The monoisotopic (exact) mass is 315 g/mol. The van der Waals surface area contributed by atoms with Gasteiger partial charge in [0.2, 0.25) is 5.72 Å². The number of hydrazine groups is 1. The highest BCUT2D eigenvalue weighted by atomic mass is 16.6. The number of primary amides is 1. The summed E-state index contributed by atoms with van der Waals surface area (Å²) in [5.41, 5.74) is 5.33. The number of hydrogen-bond acceptors (Lipinski definition) is 5. The number of ether oxygens (including phenoxy) is 2. The van der Waals surface area contributed by atoms with E-state index in [1.165, 1.54) is 0 Å². The maximum absolute atomic E-state index is 12.4. The van der Waals surface area contributed by atoms with E-state index in [9.17, 15) is 14.4 Å². The summed E-state index contributed by atoms with van der Waals surface area (Å²) in [6, 6.07) is -0.932. The van der Waals surface area contributed by atoms with Crippen molar-refractivity contribution in [1.82, 2.24) is 10.4 Å². The number of hydrogen-bond donors (Lipinski definition) is 2. The molecule has 0 bridgehead atoms. The molecule has 0 spiro atoms. The highest BCUT2D eigenvalue weighted by Crippen LogP contribution is 2.37. The number of nitrogens with two attached hydrogens (primary N) is 1. The number of carbonyl (C=O) groups excluding carboxylic acids is 3. The van der Waals surface area contributed by atoms with E-state index in [1.807, 2.05) is 0 Å². The lowest BCUT2D eigenvalue weighted by molar-refractivity contribution is -0.184. The second kappa shape index (κ2) is 6.85. The lowest BCUT2D eigenvalue weighted by atomic mass is 9.84. The van der Waals surface area contributed by atoms with E-state index >= 15 is 0 Å². The van der Waals surface area contributed by atoms with Crippen LogP contribution in [-0.4, -0.2) is 34.9 Å². The van der Waals surface area contributed by atoms with Crippen LogP contribution in [0.2, 0.25) is 0 Å². The lowest BCUT2D eigenvalue weighted by Crippen LogP contribution is -2.63. The summed E-state index contributed by atoms with van der Waals surface area (Å²) < 4.78 is 10.5.